The van der Waals surface area contributed by atoms with Gasteiger partial charge in [-0.15, -0.1) is 0 Å². The third-order valence-electron chi connectivity index (χ3n) is 3.59. The zero-order valence-corrected chi connectivity index (χ0v) is 15.1. The fourth-order valence-electron chi connectivity index (χ4n) is 2.17. The molecule has 0 spiro atoms. The summed E-state index contributed by atoms with van der Waals surface area (Å²) in [4.78, 5) is 2.34. The lowest BCUT2D eigenvalue weighted by atomic mass is 10.1. The number of anilines is 1. The monoisotopic (exact) mass is 340 g/mol. The third kappa shape index (κ3) is 5.84. The van der Waals surface area contributed by atoms with Crippen LogP contribution in [0.25, 0.3) is 0 Å². The van der Waals surface area contributed by atoms with E-state index >= 15 is 0 Å². The second-order valence-electron chi connectivity index (χ2n) is 6.20. The third-order valence-corrected chi connectivity index (χ3v) is 4.22. The zero-order chi connectivity index (χ0) is 15.1. The Morgan fingerprint density at radius 2 is 1.95 bits per heavy atom. The van der Waals surface area contributed by atoms with E-state index < -0.39 is 0 Å². The van der Waals surface area contributed by atoms with Crippen LogP contribution >= 0.6 is 15.9 Å². The summed E-state index contributed by atoms with van der Waals surface area (Å²) in [6, 6.07) is 6.68. The highest BCUT2D eigenvalue weighted by atomic mass is 79.9. The van der Waals surface area contributed by atoms with Crippen LogP contribution in [0.15, 0.2) is 22.7 Å². The molecule has 0 aliphatic rings. The summed E-state index contributed by atoms with van der Waals surface area (Å²) in [6.45, 7) is 12.1. The Morgan fingerprint density at radius 1 is 1.25 bits per heavy atom. The van der Waals surface area contributed by atoms with Crippen LogP contribution in [-0.2, 0) is 6.54 Å². The Labute approximate surface area is 133 Å². The molecule has 1 atom stereocenters. The molecule has 1 aromatic carbocycles. The second kappa shape index (κ2) is 8.68. The molecule has 1 aromatic rings. The Hall–Kier alpha value is -0.540. The van der Waals surface area contributed by atoms with Crippen molar-refractivity contribution in [2.24, 2.45) is 11.8 Å². The van der Waals surface area contributed by atoms with Crippen LogP contribution in [0, 0.1) is 11.8 Å². The largest absolute Gasteiger partial charge is 0.373 e. The van der Waals surface area contributed by atoms with Gasteiger partial charge in [-0.3, -0.25) is 0 Å². The van der Waals surface area contributed by atoms with Crippen LogP contribution in [0.5, 0.6) is 0 Å². The van der Waals surface area contributed by atoms with Crippen molar-refractivity contribution in [2.75, 3.05) is 25.0 Å². The van der Waals surface area contributed by atoms with Gasteiger partial charge in [0.15, 0.2) is 0 Å². The summed E-state index contributed by atoms with van der Waals surface area (Å²) in [5.41, 5.74) is 2.61. The minimum Gasteiger partial charge on any atom is -0.373 e. The Balaban J connectivity index is 2.63. The molecule has 0 fully saturated rings. The Morgan fingerprint density at radius 3 is 2.50 bits per heavy atom. The maximum Gasteiger partial charge on any atom is 0.0508 e. The molecule has 114 valence electrons. The molecule has 20 heavy (non-hydrogen) atoms. The van der Waals surface area contributed by atoms with Gasteiger partial charge >= 0.3 is 0 Å². The molecule has 1 N–H and O–H groups in total. The van der Waals surface area contributed by atoms with E-state index in [-0.39, 0.29) is 0 Å². The van der Waals surface area contributed by atoms with E-state index in [1.165, 1.54) is 22.1 Å². The van der Waals surface area contributed by atoms with Crippen LogP contribution in [0.1, 0.15) is 39.7 Å². The fraction of sp³-hybridized carbons (Fsp3) is 0.647. The Kier molecular flexibility index (Phi) is 7.60. The van der Waals surface area contributed by atoms with E-state index in [1.807, 2.05) is 0 Å². The number of hydrogen-bond donors (Lipinski definition) is 1. The summed E-state index contributed by atoms with van der Waals surface area (Å²) >= 11 is 3.71. The number of halogens is 1. The highest BCUT2D eigenvalue weighted by Gasteiger charge is 2.09. The standard InChI is InChI=1S/C17H29BrN2/c1-6-14(4)12-20(5)17-8-7-15(9-16(17)18)11-19-10-13(2)3/h7-9,13-14,19H,6,10-12H2,1-5H3. The number of benzene rings is 1. The normalized spacial score (nSPS) is 12.8. The van der Waals surface area contributed by atoms with E-state index in [4.69, 9.17) is 0 Å². The molecule has 0 heterocycles. The van der Waals surface area contributed by atoms with Crippen LogP contribution in [-0.4, -0.2) is 20.1 Å². The maximum atomic E-state index is 3.71. The molecule has 0 aromatic heterocycles. The lowest BCUT2D eigenvalue weighted by Crippen LogP contribution is -2.24. The molecular weight excluding hydrogens is 312 g/mol. The lowest BCUT2D eigenvalue weighted by Gasteiger charge is -2.24. The van der Waals surface area contributed by atoms with Crippen molar-refractivity contribution in [3.63, 3.8) is 0 Å². The Bertz CT molecular complexity index is 404. The van der Waals surface area contributed by atoms with Crippen LogP contribution in [0.3, 0.4) is 0 Å². The molecule has 1 rings (SSSR count). The SMILES string of the molecule is CCC(C)CN(C)c1ccc(CNCC(C)C)cc1Br. The van der Waals surface area contributed by atoms with Gasteiger partial charge in [-0.25, -0.2) is 0 Å². The number of hydrogen-bond acceptors (Lipinski definition) is 2. The summed E-state index contributed by atoms with van der Waals surface area (Å²) in [6.07, 6.45) is 1.22. The quantitative estimate of drug-likeness (QED) is 0.739. The first kappa shape index (κ1) is 17.5. The number of rotatable bonds is 8. The number of nitrogens with one attached hydrogen (secondary N) is 1. The minimum atomic E-state index is 0.694. The number of nitrogens with zero attached hydrogens (tertiary/aromatic N) is 1. The van der Waals surface area contributed by atoms with Crippen molar-refractivity contribution in [1.29, 1.82) is 0 Å². The average molecular weight is 341 g/mol. The summed E-state index contributed by atoms with van der Waals surface area (Å²) in [5.74, 6) is 1.42. The minimum absolute atomic E-state index is 0.694. The van der Waals surface area contributed by atoms with Crippen LogP contribution < -0.4 is 10.2 Å². The van der Waals surface area contributed by atoms with E-state index in [0.29, 0.717) is 5.92 Å². The topological polar surface area (TPSA) is 15.3 Å². The summed E-state index contributed by atoms with van der Waals surface area (Å²) in [5, 5.41) is 3.48. The molecule has 0 bridgehead atoms. The predicted octanol–water partition coefficient (Wildman–Crippen LogP) is 4.68. The molecular formula is C17H29BrN2. The molecule has 0 saturated carbocycles. The highest BCUT2D eigenvalue weighted by molar-refractivity contribution is 9.10. The van der Waals surface area contributed by atoms with Gasteiger partial charge in [-0.2, -0.15) is 0 Å². The van der Waals surface area contributed by atoms with Crippen molar-refractivity contribution < 1.29 is 0 Å². The van der Waals surface area contributed by atoms with Crippen molar-refractivity contribution in [3.8, 4) is 0 Å². The smallest absolute Gasteiger partial charge is 0.0508 e. The van der Waals surface area contributed by atoms with Crippen LogP contribution in [0.4, 0.5) is 5.69 Å². The molecule has 0 aliphatic heterocycles. The van der Waals surface area contributed by atoms with Gasteiger partial charge in [0.2, 0.25) is 0 Å². The molecule has 0 radical (unpaired) electrons. The van der Waals surface area contributed by atoms with Crippen molar-refractivity contribution in [1.82, 2.24) is 5.32 Å². The lowest BCUT2D eigenvalue weighted by molar-refractivity contribution is 0.552. The van der Waals surface area contributed by atoms with Crippen molar-refractivity contribution in [3.05, 3.63) is 28.2 Å². The molecule has 0 aliphatic carbocycles. The molecule has 0 amide bonds. The van der Waals surface area contributed by atoms with Gasteiger partial charge in [-0.1, -0.05) is 40.2 Å². The second-order valence-corrected chi connectivity index (χ2v) is 7.06. The predicted molar refractivity (Wildman–Crippen MR) is 93.4 cm³/mol. The average Bonchev–Trinajstić information content (AvgIpc) is 2.38. The first-order valence-electron chi connectivity index (χ1n) is 7.64. The molecule has 0 saturated heterocycles. The van der Waals surface area contributed by atoms with E-state index in [1.54, 1.807) is 0 Å². The highest BCUT2D eigenvalue weighted by Crippen LogP contribution is 2.27. The fourth-order valence-corrected chi connectivity index (χ4v) is 2.90. The van der Waals surface area contributed by atoms with Crippen molar-refractivity contribution in [2.45, 2.75) is 40.7 Å². The van der Waals surface area contributed by atoms with E-state index in [0.717, 1.165) is 25.6 Å². The van der Waals surface area contributed by atoms with Crippen LogP contribution in [0.2, 0.25) is 0 Å². The molecule has 1 unspecified atom stereocenters. The van der Waals surface area contributed by atoms with Gasteiger partial charge in [-0.05, 0) is 52.0 Å². The van der Waals surface area contributed by atoms with E-state index in [2.05, 4.69) is 79.1 Å². The maximum absolute atomic E-state index is 3.71. The van der Waals surface area contributed by atoms with Gasteiger partial charge in [0.05, 0.1) is 5.69 Å². The van der Waals surface area contributed by atoms with Gasteiger partial charge < -0.3 is 10.2 Å². The molecule has 2 nitrogen and oxygen atoms in total. The first-order chi connectivity index (χ1) is 9.43. The van der Waals surface area contributed by atoms with Crippen molar-refractivity contribution >= 4 is 21.6 Å². The summed E-state index contributed by atoms with van der Waals surface area (Å²) in [7, 11) is 2.17. The first-order valence-corrected chi connectivity index (χ1v) is 8.43. The van der Waals surface area contributed by atoms with Gasteiger partial charge in [0, 0.05) is 24.6 Å². The van der Waals surface area contributed by atoms with Gasteiger partial charge in [0.25, 0.3) is 0 Å². The van der Waals surface area contributed by atoms with E-state index in [9.17, 15) is 0 Å². The van der Waals surface area contributed by atoms with Gasteiger partial charge in [0.1, 0.15) is 0 Å². The summed E-state index contributed by atoms with van der Waals surface area (Å²) < 4.78 is 1.19. The zero-order valence-electron chi connectivity index (χ0n) is 13.5. The molecule has 3 heteroatoms.